The summed E-state index contributed by atoms with van der Waals surface area (Å²) < 4.78 is 11.1. The third-order valence-electron chi connectivity index (χ3n) is 2.74. The van der Waals surface area contributed by atoms with Gasteiger partial charge in [-0.05, 0) is 49.9 Å². The normalized spacial score (nSPS) is 10.6. The highest BCUT2D eigenvalue weighted by Gasteiger charge is 2.05. The molecule has 3 heteroatoms. The van der Waals surface area contributed by atoms with E-state index < -0.39 is 0 Å². The number of benzene rings is 1. The predicted octanol–water partition coefficient (Wildman–Crippen LogP) is 2.56. The number of hydrogen-bond donors (Lipinski definition) is 1. The maximum atomic E-state index is 5.73. The van der Waals surface area contributed by atoms with Crippen molar-refractivity contribution < 1.29 is 9.47 Å². The molecule has 0 fully saturated rings. The van der Waals surface area contributed by atoms with E-state index in [-0.39, 0.29) is 0 Å². The fraction of sp³-hybridized carbons (Fsp3) is 0.600. The van der Waals surface area contributed by atoms with Crippen LogP contribution in [0.4, 0.5) is 0 Å². The second-order valence-electron chi connectivity index (χ2n) is 4.28. The third kappa shape index (κ3) is 5.07. The van der Waals surface area contributed by atoms with Crippen molar-refractivity contribution in [2.24, 2.45) is 5.73 Å². The van der Waals surface area contributed by atoms with Gasteiger partial charge in [-0.15, -0.1) is 0 Å². The second kappa shape index (κ2) is 8.95. The van der Waals surface area contributed by atoms with Crippen LogP contribution in [0.25, 0.3) is 0 Å². The molecule has 3 nitrogen and oxygen atoms in total. The van der Waals surface area contributed by atoms with E-state index in [1.165, 1.54) is 11.1 Å². The van der Waals surface area contributed by atoms with Crippen molar-refractivity contribution in [2.45, 2.75) is 33.1 Å². The minimum Gasteiger partial charge on any atom is -0.493 e. The maximum Gasteiger partial charge on any atom is 0.122 e. The van der Waals surface area contributed by atoms with Crippen LogP contribution in [0, 0.1) is 0 Å². The zero-order valence-electron chi connectivity index (χ0n) is 11.6. The summed E-state index contributed by atoms with van der Waals surface area (Å²) >= 11 is 0. The van der Waals surface area contributed by atoms with Gasteiger partial charge in [0, 0.05) is 6.61 Å². The van der Waals surface area contributed by atoms with Crippen molar-refractivity contribution in [1.82, 2.24) is 0 Å². The SMILES string of the molecule is CCCOc1ccc(CCOCC)cc1CCN. The molecular formula is C15H25NO2. The molecule has 0 amide bonds. The number of nitrogens with two attached hydrogens (primary N) is 1. The summed E-state index contributed by atoms with van der Waals surface area (Å²) in [5.74, 6) is 0.974. The molecule has 0 heterocycles. The standard InChI is InChI=1S/C15H25NO2/c1-3-10-18-15-6-5-13(8-11-17-4-2)12-14(15)7-9-16/h5-6,12H,3-4,7-11,16H2,1-2H3. The molecule has 0 spiro atoms. The maximum absolute atomic E-state index is 5.73. The Morgan fingerprint density at radius 3 is 2.61 bits per heavy atom. The molecule has 0 radical (unpaired) electrons. The molecule has 1 aromatic rings. The van der Waals surface area contributed by atoms with Crippen molar-refractivity contribution in [3.05, 3.63) is 29.3 Å². The fourth-order valence-electron chi connectivity index (χ4n) is 1.83. The molecule has 0 bridgehead atoms. The molecule has 0 aromatic heterocycles. The highest BCUT2D eigenvalue weighted by Crippen LogP contribution is 2.21. The molecule has 0 atom stereocenters. The fourth-order valence-corrected chi connectivity index (χ4v) is 1.83. The van der Waals surface area contributed by atoms with E-state index in [0.717, 1.165) is 44.8 Å². The first kappa shape index (κ1) is 15.0. The second-order valence-corrected chi connectivity index (χ2v) is 4.28. The van der Waals surface area contributed by atoms with Gasteiger partial charge in [0.15, 0.2) is 0 Å². The van der Waals surface area contributed by atoms with E-state index in [9.17, 15) is 0 Å². The summed E-state index contributed by atoms with van der Waals surface area (Å²) in [5.41, 5.74) is 8.15. The van der Waals surface area contributed by atoms with Crippen LogP contribution in [-0.4, -0.2) is 26.4 Å². The van der Waals surface area contributed by atoms with Crippen LogP contribution in [0.3, 0.4) is 0 Å². The van der Waals surface area contributed by atoms with Crippen LogP contribution in [0.15, 0.2) is 18.2 Å². The summed E-state index contributed by atoms with van der Waals surface area (Å²) in [4.78, 5) is 0. The van der Waals surface area contributed by atoms with Crippen molar-refractivity contribution in [3.63, 3.8) is 0 Å². The molecule has 0 aliphatic rings. The lowest BCUT2D eigenvalue weighted by molar-refractivity contribution is 0.151. The number of rotatable bonds is 9. The molecule has 0 aliphatic heterocycles. The third-order valence-corrected chi connectivity index (χ3v) is 2.74. The predicted molar refractivity (Wildman–Crippen MR) is 75.2 cm³/mol. The minimum absolute atomic E-state index is 0.650. The Bertz CT molecular complexity index is 339. The van der Waals surface area contributed by atoms with Crippen LogP contribution in [-0.2, 0) is 17.6 Å². The van der Waals surface area contributed by atoms with E-state index >= 15 is 0 Å². The van der Waals surface area contributed by atoms with Gasteiger partial charge in [-0.2, -0.15) is 0 Å². The molecule has 18 heavy (non-hydrogen) atoms. The van der Waals surface area contributed by atoms with Gasteiger partial charge in [0.05, 0.1) is 13.2 Å². The Kier molecular flexibility index (Phi) is 7.46. The summed E-state index contributed by atoms with van der Waals surface area (Å²) in [6.07, 6.45) is 2.83. The molecule has 1 aromatic carbocycles. The smallest absolute Gasteiger partial charge is 0.122 e. The molecule has 2 N–H and O–H groups in total. The summed E-state index contributed by atoms with van der Waals surface area (Å²) in [6, 6.07) is 6.36. The van der Waals surface area contributed by atoms with E-state index in [0.29, 0.717) is 6.54 Å². The van der Waals surface area contributed by atoms with Crippen LogP contribution < -0.4 is 10.5 Å². The Hall–Kier alpha value is -1.06. The molecule has 0 saturated heterocycles. The lowest BCUT2D eigenvalue weighted by Crippen LogP contribution is -2.07. The van der Waals surface area contributed by atoms with E-state index in [2.05, 4.69) is 25.1 Å². The van der Waals surface area contributed by atoms with E-state index in [1.54, 1.807) is 0 Å². The van der Waals surface area contributed by atoms with Gasteiger partial charge in [0.2, 0.25) is 0 Å². The summed E-state index contributed by atoms with van der Waals surface area (Å²) in [6.45, 7) is 7.08. The quantitative estimate of drug-likeness (QED) is 0.686. The largest absolute Gasteiger partial charge is 0.493 e. The summed E-state index contributed by atoms with van der Waals surface area (Å²) in [5, 5.41) is 0. The van der Waals surface area contributed by atoms with Crippen LogP contribution in [0.1, 0.15) is 31.4 Å². The summed E-state index contributed by atoms with van der Waals surface area (Å²) in [7, 11) is 0. The van der Waals surface area contributed by atoms with Crippen LogP contribution >= 0.6 is 0 Å². The first-order chi connectivity index (χ1) is 8.81. The lowest BCUT2D eigenvalue weighted by Gasteiger charge is -2.12. The van der Waals surface area contributed by atoms with Crippen molar-refractivity contribution in [2.75, 3.05) is 26.4 Å². The number of ether oxygens (including phenoxy) is 2. The van der Waals surface area contributed by atoms with E-state index in [1.807, 2.05) is 6.92 Å². The first-order valence-corrected chi connectivity index (χ1v) is 6.84. The van der Waals surface area contributed by atoms with Gasteiger partial charge < -0.3 is 15.2 Å². The van der Waals surface area contributed by atoms with Gasteiger partial charge in [-0.1, -0.05) is 19.1 Å². The monoisotopic (exact) mass is 251 g/mol. The average molecular weight is 251 g/mol. The molecule has 1 rings (SSSR count). The topological polar surface area (TPSA) is 44.5 Å². The van der Waals surface area contributed by atoms with Gasteiger partial charge >= 0.3 is 0 Å². The highest BCUT2D eigenvalue weighted by atomic mass is 16.5. The first-order valence-electron chi connectivity index (χ1n) is 6.84. The lowest BCUT2D eigenvalue weighted by atomic mass is 10.0. The van der Waals surface area contributed by atoms with Crippen LogP contribution in [0.2, 0.25) is 0 Å². The average Bonchev–Trinajstić information content (AvgIpc) is 2.38. The molecule has 102 valence electrons. The molecular weight excluding hydrogens is 226 g/mol. The Balaban J connectivity index is 2.68. The van der Waals surface area contributed by atoms with E-state index in [4.69, 9.17) is 15.2 Å². The van der Waals surface area contributed by atoms with Gasteiger partial charge in [-0.25, -0.2) is 0 Å². The van der Waals surface area contributed by atoms with Gasteiger partial charge in [-0.3, -0.25) is 0 Å². The van der Waals surface area contributed by atoms with Crippen LogP contribution in [0.5, 0.6) is 5.75 Å². The zero-order valence-corrected chi connectivity index (χ0v) is 11.6. The van der Waals surface area contributed by atoms with Gasteiger partial charge in [0.25, 0.3) is 0 Å². The van der Waals surface area contributed by atoms with Gasteiger partial charge in [0.1, 0.15) is 5.75 Å². The molecule has 0 saturated carbocycles. The number of hydrogen-bond acceptors (Lipinski definition) is 3. The Morgan fingerprint density at radius 2 is 1.94 bits per heavy atom. The van der Waals surface area contributed by atoms with Crippen molar-refractivity contribution in [1.29, 1.82) is 0 Å². The Morgan fingerprint density at radius 1 is 1.11 bits per heavy atom. The highest BCUT2D eigenvalue weighted by molar-refractivity contribution is 5.37. The van der Waals surface area contributed by atoms with Crippen molar-refractivity contribution in [3.8, 4) is 5.75 Å². The molecule has 0 unspecified atom stereocenters. The zero-order chi connectivity index (χ0) is 13.2. The molecule has 0 aliphatic carbocycles. The minimum atomic E-state index is 0.650. The van der Waals surface area contributed by atoms with Crippen molar-refractivity contribution >= 4 is 0 Å². The Labute approximate surface area is 110 Å².